The lowest BCUT2D eigenvalue weighted by Gasteiger charge is -2.41. The maximum Gasteiger partial charge on any atom is 0.416 e. The quantitative estimate of drug-likeness (QED) is 0.263. The van der Waals surface area contributed by atoms with Gasteiger partial charge < -0.3 is 18.5 Å². The Morgan fingerprint density at radius 1 is 1.21 bits per heavy atom. The summed E-state index contributed by atoms with van der Waals surface area (Å²) in [5.41, 5.74) is -0.648. The van der Waals surface area contributed by atoms with Crippen molar-refractivity contribution in [3.63, 3.8) is 0 Å². The van der Waals surface area contributed by atoms with Gasteiger partial charge in [0.1, 0.15) is 12.6 Å². The standard InChI is InChI=1S/C22H33F3N2O3SSi2/c1-20(2,18(29-32-3)30-33-4)7-8-21(14-28)9-11-27(12-10-21)19-26-16-6-5-15(22(23,24)25)13-17(16)31-19/h5-6,13-14,18H,7-12,32-33H2,1-4H3. The van der Waals surface area contributed by atoms with Crippen molar-refractivity contribution < 1.29 is 26.8 Å². The number of hydrogen-bond acceptors (Lipinski definition) is 6. The lowest BCUT2D eigenvalue weighted by Crippen LogP contribution is -2.43. The highest BCUT2D eigenvalue weighted by molar-refractivity contribution is 7.22. The smallest absolute Gasteiger partial charge is 0.400 e. The molecule has 0 atom stereocenters. The Hall–Kier alpha value is -1.28. The van der Waals surface area contributed by atoms with Gasteiger partial charge in [0.05, 0.1) is 15.8 Å². The number of aromatic nitrogens is 1. The third-order valence-corrected chi connectivity index (χ3v) is 8.88. The van der Waals surface area contributed by atoms with Crippen LogP contribution in [-0.4, -0.2) is 50.2 Å². The minimum Gasteiger partial charge on any atom is -0.400 e. The van der Waals surface area contributed by atoms with Crippen molar-refractivity contribution in [3.05, 3.63) is 23.8 Å². The molecule has 0 radical (unpaired) electrons. The maximum atomic E-state index is 13.0. The van der Waals surface area contributed by atoms with E-state index in [1.54, 1.807) is 0 Å². The molecule has 1 aromatic heterocycles. The lowest BCUT2D eigenvalue weighted by molar-refractivity contribution is -0.137. The van der Waals surface area contributed by atoms with E-state index in [-0.39, 0.29) is 11.7 Å². The normalized spacial score (nSPS) is 18.7. The topological polar surface area (TPSA) is 51.7 Å². The van der Waals surface area contributed by atoms with E-state index in [0.717, 1.165) is 31.3 Å². The van der Waals surface area contributed by atoms with Gasteiger partial charge in [-0.3, -0.25) is 0 Å². The highest BCUT2D eigenvalue weighted by Crippen LogP contribution is 2.42. The second kappa shape index (κ2) is 10.6. The predicted molar refractivity (Wildman–Crippen MR) is 132 cm³/mol. The molecule has 184 valence electrons. The van der Waals surface area contributed by atoms with Gasteiger partial charge in [0.15, 0.2) is 24.7 Å². The molecule has 0 spiro atoms. The number of benzene rings is 1. The van der Waals surface area contributed by atoms with Gasteiger partial charge in [0.2, 0.25) is 0 Å². The van der Waals surface area contributed by atoms with Gasteiger partial charge in [0.25, 0.3) is 0 Å². The summed E-state index contributed by atoms with van der Waals surface area (Å²) in [7, 11) is -1.20. The number of anilines is 1. The SMILES string of the molecule is C[SiH2]OC(O[SiH2]C)C(C)(C)CCC1(C=O)CCN(c2nc3ccc(C(F)(F)F)cc3s2)CC1. The van der Waals surface area contributed by atoms with E-state index in [1.165, 1.54) is 17.4 Å². The van der Waals surface area contributed by atoms with Crippen LogP contribution in [0.5, 0.6) is 0 Å². The maximum absolute atomic E-state index is 13.0. The number of alkyl halides is 3. The van der Waals surface area contributed by atoms with Crippen molar-refractivity contribution in [1.82, 2.24) is 4.98 Å². The van der Waals surface area contributed by atoms with Crippen molar-refractivity contribution in [2.75, 3.05) is 18.0 Å². The summed E-state index contributed by atoms with van der Waals surface area (Å²) in [6, 6.07) is 3.67. The Morgan fingerprint density at radius 3 is 2.39 bits per heavy atom. The number of fused-ring (bicyclic) bond motifs is 1. The Balaban J connectivity index is 1.66. The number of nitrogens with zero attached hydrogens (tertiary/aromatic N) is 2. The number of hydrogen-bond donors (Lipinski definition) is 0. The molecule has 0 bridgehead atoms. The molecule has 1 aliphatic rings. The zero-order chi connectivity index (χ0) is 24.3. The number of piperidine rings is 1. The molecule has 1 saturated heterocycles. The number of thiazole rings is 1. The van der Waals surface area contributed by atoms with Gasteiger partial charge in [-0.15, -0.1) is 0 Å². The number of aldehydes is 1. The van der Waals surface area contributed by atoms with Gasteiger partial charge in [-0.2, -0.15) is 13.2 Å². The van der Waals surface area contributed by atoms with Gasteiger partial charge in [0, 0.05) is 23.9 Å². The molecular formula is C22H33F3N2O3SSi2. The monoisotopic (exact) mass is 518 g/mol. The molecule has 0 unspecified atom stereocenters. The highest BCUT2D eigenvalue weighted by atomic mass is 32.1. The van der Waals surface area contributed by atoms with Crippen LogP contribution in [0.15, 0.2) is 18.2 Å². The summed E-state index contributed by atoms with van der Waals surface area (Å²) in [4.78, 5) is 18.8. The zero-order valence-corrected chi connectivity index (χ0v) is 23.3. The molecule has 5 nitrogen and oxygen atoms in total. The van der Waals surface area contributed by atoms with E-state index in [4.69, 9.17) is 8.85 Å². The van der Waals surface area contributed by atoms with Crippen LogP contribution < -0.4 is 4.90 Å². The van der Waals surface area contributed by atoms with E-state index in [9.17, 15) is 18.0 Å². The third kappa shape index (κ3) is 6.24. The van der Waals surface area contributed by atoms with E-state index in [1.807, 2.05) is 0 Å². The van der Waals surface area contributed by atoms with Crippen molar-refractivity contribution in [2.45, 2.75) is 65.1 Å². The van der Waals surface area contributed by atoms with E-state index < -0.39 is 36.7 Å². The van der Waals surface area contributed by atoms with Crippen LogP contribution in [0.3, 0.4) is 0 Å². The van der Waals surface area contributed by atoms with Crippen molar-refractivity contribution in [1.29, 1.82) is 0 Å². The number of rotatable bonds is 10. The Kier molecular flexibility index (Phi) is 8.42. The van der Waals surface area contributed by atoms with Crippen LogP contribution in [0.4, 0.5) is 18.3 Å². The fourth-order valence-corrected chi connectivity index (χ4v) is 7.23. The first-order valence-electron chi connectivity index (χ1n) is 11.5. The summed E-state index contributed by atoms with van der Waals surface area (Å²) in [6.45, 7) is 9.80. The second-order valence-corrected chi connectivity index (χ2v) is 12.2. The van der Waals surface area contributed by atoms with Crippen molar-refractivity contribution in [3.8, 4) is 0 Å². The molecule has 11 heteroatoms. The second-order valence-electron chi connectivity index (χ2n) is 9.38. The molecule has 3 rings (SSSR count). The van der Waals surface area contributed by atoms with Crippen LogP contribution >= 0.6 is 11.3 Å². The average Bonchev–Trinajstić information content (AvgIpc) is 3.21. The zero-order valence-electron chi connectivity index (χ0n) is 19.7. The van der Waals surface area contributed by atoms with Gasteiger partial charge in [-0.1, -0.05) is 38.3 Å². The molecule has 1 aromatic carbocycles. The summed E-state index contributed by atoms with van der Waals surface area (Å²) < 4.78 is 51.5. The molecule has 33 heavy (non-hydrogen) atoms. The molecule has 1 fully saturated rings. The lowest BCUT2D eigenvalue weighted by atomic mass is 9.72. The van der Waals surface area contributed by atoms with E-state index in [2.05, 4.69) is 36.8 Å². The molecule has 0 amide bonds. The largest absolute Gasteiger partial charge is 0.416 e. The fraction of sp³-hybridized carbons (Fsp3) is 0.636. The molecule has 2 heterocycles. The molecule has 0 N–H and O–H groups in total. The number of halogens is 3. The van der Waals surface area contributed by atoms with Crippen molar-refractivity contribution >= 4 is 52.5 Å². The van der Waals surface area contributed by atoms with Gasteiger partial charge in [-0.25, -0.2) is 4.98 Å². The van der Waals surface area contributed by atoms with Crippen LogP contribution in [0.2, 0.25) is 13.1 Å². The van der Waals surface area contributed by atoms with Gasteiger partial charge >= 0.3 is 6.18 Å². The van der Waals surface area contributed by atoms with Crippen LogP contribution in [0.25, 0.3) is 10.2 Å². The summed E-state index contributed by atoms with van der Waals surface area (Å²) in [5.74, 6) is 0. The molecular weight excluding hydrogens is 485 g/mol. The first-order chi connectivity index (χ1) is 15.5. The van der Waals surface area contributed by atoms with E-state index in [0.29, 0.717) is 41.3 Å². The molecule has 0 saturated carbocycles. The first kappa shape index (κ1) is 26.3. The Morgan fingerprint density at radius 2 is 1.85 bits per heavy atom. The number of carbonyl (C=O) groups excluding carboxylic acids is 1. The minimum atomic E-state index is -4.37. The molecule has 0 aliphatic carbocycles. The summed E-state index contributed by atoms with van der Waals surface area (Å²) in [5, 5.41) is 0.715. The minimum absolute atomic E-state index is 0.164. The fourth-order valence-electron chi connectivity index (χ4n) is 4.29. The average molecular weight is 519 g/mol. The third-order valence-electron chi connectivity index (χ3n) is 6.53. The van der Waals surface area contributed by atoms with Crippen molar-refractivity contribution in [2.24, 2.45) is 10.8 Å². The Bertz CT molecular complexity index is 941. The number of carbonyl (C=O) groups is 1. The van der Waals surface area contributed by atoms with Gasteiger partial charge in [-0.05, 0) is 43.9 Å². The van der Waals surface area contributed by atoms with Crippen LogP contribution in [-0.2, 0) is 19.8 Å². The summed E-state index contributed by atoms with van der Waals surface area (Å²) >= 11 is 1.28. The Labute approximate surface area is 201 Å². The molecule has 1 aliphatic heterocycles. The first-order valence-corrected chi connectivity index (χ1v) is 16.3. The predicted octanol–water partition coefficient (Wildman–Crippen LogP) is 4.53. The summed E-state index contributed by atoms with van der Waals surface area (Å²) in [6.07, 6.45) is -0.449. The van der Waals surface area contributed by atoms with Crippen LogP contribution in [0, 0.1) is 10.8 Å². The molecule has 2 aromatic rings. The van der Waals surface area contributed by atoms with E-state index >= 15 is 0 Å². The highest BCUT2D eigenvalue weighted by Gasteiger charge is 2.39. The van der Waals surface area contributed by atoms with Crippen LogP contribution in [0.1, 0.15) is 45.1 Å².